The number of rotatable bonds is 3. The minimum absolute atomic E-state index is 0.0173. The molecule has 21 heavy (non-hydrogen) atoms. The summed E-state index contributed by atoms with van der Waals surface area (Å²) in [7, 11) is 0. The van der Waals surface area contributed by atoms with Gasteiger partial charge in [-0.25, -0.2) is 4.99 Å². The number of halogens is 1. The SMILES string of the molecule is C=CCn1c(O)c(C2=c3cc(Br)ccc3=NC2=O)sc1=S. The van der Waals surface area contributed by atoms with Gasteiger partial charge in [0.1, 0.15) is 4.88 Å². The van der Waals surface area contributed by atoms with E-state index in [9.17, 15) is 9.90 Å². The third-order valence-corrected chi connectivity index (χ3v) is 5.02. The monoisotopic (exact) mass is 380 g/mol. The Morgan fingerprint density at radius 3 is 3.00 bits per heavy atom. The van der Waals surface area contributed by atoms with Gasteiger partial charge in [0.25, 0.3) is 5.91 Å². The van der Waals surface area contributed by atoms with Crippen molar-refractivity contribution in [3.05, 3.63) is 54.7 Å². The summed E-state index contributed by atoms with van der Waals surface area (Å²) in [6.45, 7) is 4.03. The molecule has 1 aromatic heterocycles. The average Bonchev–Trinajstić information content (AvgIpc) is 2.89. The van der Waals surface area contributed by atoms with E-state index in [-0.39, 0.29) is 11.8 Å². The van der Waals surface area contributed by atoms with Crippen LogP contribution in [0, 0.1) is 3.95 Å². The molecular weight excluding hydrogens is 372 g/mol. The third-order valence-electron chi connectivity index (χ3n) is 3.07. The predicted molar refractivity (Wildman–Crippen MR) is 87.4 cm³/mol. The summed E-state index contributed by atoms with van der Waals surface area (Å²) in [6.07, 6.45) is 1.64. The highest BCUT2D eigenvalue weighted by Crippen LogP contribution is 2.32. The number of aromatic nitrogens is 1. The van der Waals surface area contributed by atoms with Crippen molar-refractivity contribution in [3.8, 4) is 5.88 Å². The van der Waals surface area contributed by atoms with E-state index in [0.29, 0.717) is 31.5 Å². The molecule has 0 aliphatic carbocycles. The van der Waals surface area contributed by atoms with E-state index in [1.54, 1.807) is 16.7 Å². The fourth-order valence-electron chi connectivity index (χ4n) is 2.16. The van der Waals surface area contributed by atoms with Crippen molar-refractivity contribution in [1.82, 2.24) is 4.57 Å². The van der Waals surface area contributed by atoms with Gasteiger partial charge in [-0.15, -0.1) is 17.9 Å². The van der Waals surface area contributed by atoms with E-state index in [2.05, 4.69) is 27.5 Å². The number of nitrogens with zero attached hydrogens (tertiary/aromatic N) is 2. The molecule has 106 valence electrons. The lowest BCUT2D eigenvalue weighted by atomic mass is 10.1. The standard InChI is InChI=1S/C14H9BrN2O2S2/c1-2-5-17-13(19)11(21-14(17)20)10-8-6-7(15)3-4-9(8)16-12(10)18/h2-4,6,19H,1,5H2. The molecule has 0 fully saturated rings. The summed E-state index contributed by atoms with van der Waals surface area (Å²) >= 11 is 9.82. The number of hydrogen-bond donors (Lipinski definition) is 1. The number of carbonyl (C=O) groups excluding carboxylic acids is 1. The van der Waals surface area contributed by atoms with Crippen LogP contribution in [0.4, 0.5) is 0 Å². The third kappa shape index (κ3) is 2.31. The van der Waals surface area contributed by atoms with E-state index < -0.39 is 0 Å². The van der Waals surface area contributed by atoms with Gasteiger partial charge in [0.05, 0.1) is 10.9 Å². The van der Waals surface area contributed by atoms with Crippen LogP contribution < -0.4 is 10.6 Å². The molecule has 1 amide bonds. The van der Waals surface area contributed by atoms with Crippen molar-refractivity contribution in [3.63, 3.8) is 0 Å². The van der Waals surface area contributed by atoms with Crippen LogP contribution in [0.1, 0.15) is 4.88 Å². The zero-order valence-corrected chi connectivity index (χ0v) is 13.9. The Kier molecular flexibility index (Phi) is 3.64. The number of carbonyl (C=O) groups is 1. The zero-order chi connectivity index (χ0) is 15.1. The molecule has 2 aromatic rings. The summed E-state index contributed by atoms with van der Waals surface area (Å²) in [6, 6.07) is 5.41. The molecule has 0 bridgehead atoms. The van der Waals surface area contributed by atoms with Crippen LogP contribution >= 0.6 is 39.5 Å². The second-order valence-electron chi connectivity index (χ2n) is 4.37. The van der Waals surface area contributed by atoms with Crippen LogP contribution in [0.25, 0.3) is 5.57 Å². The molecule has 1 aliphatic rings. The molecule has 0 saturated carbocycles. The fraction of sp³-hybridized carbons (Fsp3) is 0.0714. The fourth-order valence-corrected chi connectivity index (χ4v) is 3.87. The first-order valence-electron chi connectivity index (χ1n) is 5.99. The smallest absolute Gasteiger partial charge is 0.279 e. The van der Waals surface area contributed by atoms with Gasteiger partial charge in [-0.1, -0.05) is 22.0 Å². The molecule has 3 rings (SSSR count). The second-order valence-corrected chi connectivity index (χ2v) is 6.93. The number of thiazole rings is 1. The molecule has 2 heterocycles. The van der Waals surface area contributed by atoms with Crippen LogP contribution in [-0.4, -0.2) is 15.6 Å². The summed E-state index contributed by atoms with van der Waals surface area (Å²) in [4.78, 5) is 16.7. The molecule has 4 nitrogen and oxygen atoms in total. The van der Waals surface area contributed by atoms with Crippen molar-refractivity contribution >= 4 is 51.0 Å². The first-order chi connectivity index (χ1) is 10.0. The van der Waals surface area contributed by atoms with E-state index in [0.717, 1.165) is 4.47 Å². The lowest BCUT2D eigenvalue weighted by Gasteiger charge is -2.01. The Bertz CT molecular complexity index is 956. The van der Waals surface area contributed by atoms with Gasteiger partial charge < -0.3 is 5.11 Å². The maximum Gasteiger partial charge on any atom is 0.279 e. The van der Waals surface area contributed by atoms with Gasteiger partial charge in [-0.05, 0) is 30.4 Å². The summed E-state index contributed by atoms with van der Waals surface area (Å²) < 4.78 is 2.88. The van der Waals surface area contributed by atoms with Crippen LogP contribution in [0.15, 0.2) is 40.3 Å². The topological polar surface area (TPSA) is 54.6 Å². The second kappa shape index (κ2) is 5.32. The van der Waals surface area contributed by atoms with Crippen molar-refractivity contribution in [1.29, 1.82) is 0 Å². The van der Waals surface area contributed by atoms with E-state index in [1.807, 2.05) is 12.1 Å². The van der Waals surface area contributed by atoms with E-state index in [1.165, 1.54) is 11.3 Å². The predicted octanol–water partition coefficient (Wildman–Crippen LogP) is 2.29. The highest BCUT2D eigenvalue weighted by molar-refractivity contribution is 9.10. The van der Waals surface area contributed by atoms with Crippen LogP contribution in [-0.2, 0) is 11.3 Å². The van der Waals surface area contributed by atoms with Crippen molar-refractivity contribution in [2.45, 2.75) is 6.54 Å². The molecule has 0 radical (unpaired) electrons. The molecular formula is C14H9BrN2O2S2. The molecule has 1 N–H and O–H groups in total. The Morgan fingerprint density at radius 1 is 1.52 bits per heavy atom. The number of benzene rings is 1. The number of aromatic hydroxyl groups is 1. The van der Waals surface area contributed by atoms with E-state index in [4.69, 9.17) is 12.2 Å². The Hall–Kier alpha value is -1.57. The Labute approximate surface area is 137 Å². The summed E-state index contributed by atoms with van der Waals surface area (Å²) in [5, 5.41) is 11.7. The molecule has 7 heteroatoms. The first kappa shape index (κ1) is 14.4. The number of amides is 1. The maximum atomic E-state index is 12.2. The molecule has 0 saturated heterocycles. The van der Waals surface area contributed by atoms with Crippen molar-refractivity contribution in [2.24, 2.45) is 4.99 Å². The molecule has 1 aliphatic heterocycles. The van der Waals surface area contributed by atoms with Gasteiger partial charge in [0.15, 0.2) is 3.95 Å². The van der Waals surface area contributed by atoms with Crippen molar-refractivity contribution in [2.75, 3.05) is 0 Å². The minimum atomic E-state index is -0.361. The number of allylic oxidation sites excluding steroid dienone is 1. The maximum absolute atomic E-state index is 12.2. The molecule has 0 unspecified atom stereocenters. The van der Waals surface area contributed by atoms with Crippen molar-refractivity contribution < 1.29 is 9.90 Å². The quantitative estimate of drug-likeness (QED) is 0.656. The summed E-state index contributed by atoms with van der Waals surface area (Å²) in [5.74, 6) is -0.378. The Balaban J connectivity index is 2.36. The summed E-state index contributed by atoms with van der Waals surface area (Å²) in [5.41, 5.74) is 0.391. The molecule has 0 spiro atoms. The van der Waals surface area contributed by atoms with Gasteiger partial charge in [0.2, 0.25) is 5.88 Å². The van der Waals surface area contributed by atoms with Gasteiger partial charge >= 0.3 is 0 Å². The average molecular weight is 381 g/mol. The van der Waals surface area contributed by atoms with Crippen LogP contribution in [0.5, 0.6) is 5.88 Å². The van der Waals surface area contributed by atoms with Crippen LogP contribution in [0.2, 0.25) is 0 Å². The minimum Gasteiger partial charge on any atom is -0.493 e. The lowest BCUT2D eigenvalue weighted by molar-refractivity contribution is -0.112. The zero-order valence-electron chi connectivity index (χ0n) is 10.7. The van der Waals surface area contributed by atoms with Crippen LogP contribution in [0.3, 0.4) is 0 Å². The molecule has 1 aromatic carbocycles. The number of fused-ring (bicyclic) bond motifs is 1. The Morgan fingerprint density at radius 2 is 2.29 bits per heavy atom. The van der Waals surface area contributed by atoms with Gasteiger partial charge in [-0.3, -0.25) is 9.36 Å². The highest BCUT2D eigenvalue weighted by atomic mass is 79.9. The number of hydrogen-bond acceptors (Lipinski definition) is 4. The van der Waals surface area contributed by atoms with Gasteiger partial charge in [-0.2, -0.15) is 0 Å². The molecule has 0 atom stereocenters. The lowest BCUT2D eigenvalue weighted by Crippen LogP contribution is -2.22. The van der Waals surface area contributed by atoms with Gasteiger partial charge in [0, 0.05) is 16.2 Å². The normalized spacial score (nSPS) is 13.2. The largest absolute Gasteiger partial charge is 0.493 e. The van der Waals surface area contributed by atoms with E-state index >= 15 is 0 Å². The highest BCUT2D eigenvalue weighted by Gasteiger charge is 2.25. The first-order valence-corrected chi connectivity index (χ1v) is 8.01.